The number of nitrogen functional groups attached to an aromatic ring is 1. The first-order valence-electron chi connectivity index (χ1n) is 4.95. The maximum absolute atomic E-state index is 5.76. The zero-order valence-electron chi connectivity index (χ0n) is 8.71. The molecule has 0 radical (unpaired) electrons. The highest BCUT2D eigenvalue weighted by atomic mass is 79.9. The van der Waals surface area contributed by atoms with Gasteiger partial charge in [0.05, 0.1) is 16.2 Å². The molecule has 0 aliphatic carbocycles. The Morgan fingerprint density at radius 3 is 2.65 bits per heavy atom. The van der Waals surface area contributed by atoms with Crippen molar-refractivity contribution in [2.75, 3.05) is 5.73 Å². The Balaban J connectivity index is 2.23. The first kappa shape index (κ1) is 10.2. The minimum atomic E-state index is 0.522. The number of anilines is 1. The number of halogens is 1. The highest BCUT2D eigenvalue weighted by Crippen LogP contribution is 2.19. The summed E-state index contributed by atoms with van der Waals surface area (Å²) in [4.78, 5) is 8.40. The van der Waals surface area contributed by atoms with Gasteiger partial charge in [-0.2, -0.15) is 9.78 Å². The quantitative estimate of drug-likeness (QED) is 0.697. The van der Waals surface area contributed by atoms with E-state index in [-0.39, 0.29) is 0 Å². The van der Waals surface area contributed by atoms with Gasteiger partial charge in [0, 0.05) is 23.5 Å². The largest absolute Gasteiger partial charge is 0.399 e. The van der Waals surface area contributed by atoms with Gasteiger partial charge in [-0.15, -0.1) is 0 Å². The molecule has 5 nitrogen and oxygen atoms in total. The number of hydrogen-bond acceptors (Lipinski definition) is 4. The average Bonchev–Trinajstić information content (AvgIpc) is 2.73. The summed E-state index contributed by atoms with van der Waals surface area (Å²) in [6.07, 6.45) is 5.13. The zero-order valence-corrected chi connectivity index (χ0v) is 10.3. The van der Waals surface area contributed by atoms with Crippen molar-refractivity contribution in [1.29, 1.82) is 0 Å². The fourth-order valence-corrected chi connectivity index (χ4v) is 1.81. The predicted octanol–water partition coefficient (Wildman–Crippen LogP) is 2.16. The fourth-order valence-electron chi connectivity index (χ4n) is 1.61. The summed E-state index contributed by atoms with van der Waals surface area (Å²) in [5.41, 5.74) is 7.35. The molecule has 1 aromatic carbocycles. The zero-order chi connectivity index (χ0) is 11.8. The molecule has 3 aromatic rings. The van der Waals surface area contributed by atoms with E-state index in [1.807, 2.05) is 18.2 Å². The molecule has 2 aromatic heterocycles. The second kappa shape index (κ2) is 3.81. The normalized spacial score (nSPS) is 10.9. The molecule has 6 heteroatoms. The Kier molecular flexibility index (Phi) is 2.29. The van der Waals surface area contributed by atoms with Crippen molar-refractivity contribution in [2.45, 2.75) is 0 Å². The van der Waals surface area contributed by atoms with Crippen LogP contribution in [0.25, 0.3) is 16.9 Å². The van der Waals surface area contributed by atoms with Gasteiger partial charge >= 0.3 is 0 Å². The summed E-state index contributed by atoms with van der Waals surface area (Å²) in [6, 6.07) is 5.62. The maximum atomic E-state index is 5.76. The average molecular weight is 290 g/mol. The lowest BCUT2D eigenvalue weighted by molar-refractivity contribution is 0.831. The summed E-state index contributed by atoms with van der Waals surface area (Å²) in [6.45, 7) is 0. The Labute approximate surface area is 105 Å². The highest BCUT2D eigenvalue weighted by Gasteiger charge is 2.07. The predicted molar refractivity (Wildman–Crippen MR) is 68.8 cm³/mol. The van der Waals surface area contributed by atoms with E-state index < -0.39 is 0 Å². The SMILES string of the molecule is Nc1ccc2cnn(-c3ncc(Br)cn3)c2c1. The van der Waals surface area contributed by atoms with Crippen LogP contribution in [-0.2, 0) is 0 Å². The van der Waals surface area contributed by atoms with Crippen molar-refractivity contribution in [2.24, 2.45) is 0 Å². The van der Waals surface area contributed by atoms with Gasteiger partial charge in [0.2, 0.25) is 0 Å². The lowest BCUT2D eigenvalue weighted by Gasteiger charge is -2.01. The summed E-state index contributed by atoms with van der Waals surface area (Å²) in [5, 5.41) is 5.26. The Bertz CT molecular complexity index is 674. The van der Waals surface area contributed by atoms with E-state index >= 15 is 0 Å². The summed E-state index contributed by atoms with van der Waals surface area (Å²) < 4.78 is 2.50. The molecule has 2 heterocycles. The van der Waals surface area contributed by atoms with Crippen molar-refractivity contribution in [3.63, 3.8) is 0 Å². The molecule has 3 rings (SSSR count). The molecular weight excluding hydrogens is 282 g/mol. The van der Waals surface area contributed by atoms with Crippen LogP contribution < -0.4 is 5.73 Å². The minimum absolute atomic E-state index is 0.522. The van der Waals surface area contributed by atoms with E-state index in [1.54, 1.807) is 23.3 Å². The smallest absolute Gasteiger partial charge is 0.251 e. The Morgan fingerprint density at radius 1 is 1.12 bits per heavy atom. The van der Waals surface area contributed by atoms with E-state index in [9.17, 15) is 0 Å². The van der Waals surface area contributed by atoms with Gasteiger partial charge < -0.3 is 5.73 Å². The molecule has 17 heavy (non-hydrogen) atoms. The molecule has 0 bridgehead atoms. The van der Waals surface area contributed by atoms with E-state index in [4.69, 9.17) is 5.73 Å². The fraction of sp³-hybridized carbons (Fsp3) is 0. The maximum Gasteiger partial charge on any atom is 0.251 e. The van der Waals surface area contributed by atoms with Crippen molar-refractivity contribution in [3.8, 4) is 5.95 Å². The summed E-state index contributed by atoms with van der Waals surface area (Å²) in [7, 11) is 0. The van der Waals surface area contributed by atoms with E-state index in [1.165, 1.54) is 0 Å². The van der Waals surface area contributed by atoms with Crippen LogP contribution >= 0.6 is 15.9 Å². The van der Waals surface area contributed by atoms with Gasteiger partial charge in [-0.1, -0.05) is 0 Å². The molecular formula is C11H8BrN5. The van der Waals surface area contributed by atoms with E-state index in [0.29, 0.717) is 11.6 Å². The number of hydrogen-bond donors (Lipinski definition) is 1. The van der Waals surface area contributed by atoms with Gasteiger partial charge in [-0.25, -0.2) is 9.97 Å². The molecule has 0 atom stereocenters. The molecule has 0 aliphatic rings. The first-order valence-corrected chi connectivity index (χ1v) is 5.74. The summed E-state index contributed by atoms with van der Waals surface area (Å²) in [5.74, 6) is 0.522. The number of rotatable bonds is 1. The lowest BCUT2D eigenvalue weighted by atomic mass is 10.2. The monoisotopic (exact) mass is 289 g/mol. The van der Waals surface area contributed by atoms with Crippen LogP contribution in [0.2, 0.25) is 0 Å². The molecule has 0 saturated heterocycles. The van der Waals surface area contributed by atoms with Crippen LogP contribution in [0.3, 0.4) is 0 Å². The third-order valence-corrected chi connectivity index (χ3v) is 2.80. The third-order valence-electron chi connectivity index (χ3n) is 2.39. The van der Waals surface area contributed by atoms with Crippen LogP contribution in [0.5, 0.6) is 0 Å². The van der Waals surface area contributed by atoms with Crippen LogP contribution in [-0.4, -0.2) is 19.7 Å². The van der Waals surface area contributed by atoms with Crippen molar-refractivity contribution >= 4 is 32.5 Å². The molecule has 84 valence electrons. The molecule has 0 saturated carbocycles. The number of aromatic nitrogens is 4. The molecule has 2 N–H and O–H groups in total. The second-order valence-corrected chi connectivity index (χ2v) is 4.49. The van der Waals surface area contributed by atoms with E-state index in [0.717, 1.165) is 15.4 Å². The van der Waals surface area contributed by atoms with Crippen molar-refractivity contribution < 1.29 is 0 Å². The van der Waals surface area contributed by atoms with Gasteiger partial charge in [-0.05, 0) is 34.1 Å². The molecule has 0 fully saturated rings. The van der Waals surface area contributed by atoms with Crippen LogP contribution in [0.15, 0.2) is 41.3 Å². The first-order chi connectivity index (χ1) is 8.24. The van der Waals surface area contributed by atoms with Crippen LogP contribution in [0.4, 0.5) is 5.69 Å². The molecule has 0 aliphatic heterocycles. The molecule has 0 amide bonds. The van der Waals surface area contributed by atoms with Crippen LogP contribution in [0.1, 0.15) is 0 Å². The van der Waals surface area contributed by atoms with Gasteiger partial charge in [0.15, 0.2) is 0 Å². The number of benzene rings is 1. The number of nitrogens with zero attached hydrogens (tertiary/aromatic N) is 4. The lowest BCUT2D eigenvalue weighted by Crippen LogP contribution is -2.02. The van der Waals surface area contributed by atoms with Crippen molar-refractivity contribution in [3.05, 3.63) is 41.3 Å². The van der Waals surface area contributed by atoms with Gasteiger partial charge in [-0.3, -0.25) is 0 Å². The standard InChI is InChI=1S/C11H8BrN5/c12-8-5-14-11(15-6-8)17-10-3-9(13)2-1-7(10)4-16-17/h1-6H,13H2. The Hall–Kier alpha value is -1.95. The molecule has 0 spiro atoms. The van der Waals surface area contributed by atoms with Gasteiger partial charge in [0.1, 0.15) is 0 Å². The van der Waals surface area contributed by atoms with Crippen LogP contribution in [0, 0.1) is 0 Å². The second-order valence-electron chi connectivity index (χ2n) is 3.58. The molecule has 0 unspecified atom stereocenters. The minimum Gasteiger partial charge on any atom is -0.399 e. The number of fused-ring (bicyclic) bond motifs is 1. The van der Waals surface area contributed by atoms with E-state index in [2.05, 4.69) is 31.0 Å². The van der Waals surface area contributed by atoms with Gasteiger partial charge in [0.25, 0.3) is 5.95 Å². The highest BCUT2D eigenvalue weighted by molar-refractivity contribution is 9.10. The topological polar surface area (TPSA) is 69.6 Å². The van der Waals surface area contributed by atoms with Crippen molar-refractivity contribution in [1.82, 2.24) is 19.7 Å². The third kappa shape index (κ3) is 1.76. The Morgan fingerprint density at radius 2 is 1.88 bits per heavy atom. The number of nitrogens with two attached hydrogens (primary N) is 1. The summed E-state index contributed by atoms with van der Waals surface area (Å²) >= 11 is 3.30.